The van der Waals surface area contributed by atoms with Crippen molar-refractivity contribution >= 4 is 22.6 Å². The second-order valence-corrected chi connectivity index (χ2v) is 4.97. The van der Waals surface area contributed by atoms with Crippen LogP contribution in [-0.2, 0) is 10.2 Å². The summed E-state index contributed by atoms with van der Waals surface area (Å²) in [6.07, 6.45) is 0.658. The topological polar surface area (TPSA) is 75.4 Å². The summed E-state index contributed by atoms with van der Waals surface area (Å²) in [5.74, 6) is 0. The third kappa shape index (κ3) is 5.77. The molecule has 0 atom stereocenters. The summed E-state index contributed by atoms with van der Waals surface area (Å²) in [4.78, 5) is 0. The number of nitrogens with one attached hydrogen (secondary N) is 1. The molecule has 0 aliphatic rings. The predicted molar refractivity (Wildman–Crippen MR) is 60.7 cm³/mol. The molecule has 0 rings (SSSR count). The maximum Gasteiger partial charge on any atom is 0.279 e. The minimum absolute atomic E-state index is 0. The van der Waals surface area contributed by atoms with Crippen LogP contribution in [0.5, 0.6) is 0 Å². The molecule has 0 aliphatic heterocycles. The molecule has 7 heteroatoms. The highest BCUT2D eigenvalue weighted by Crippen LogP contribution is 1.99. The van der Waals surface area contributed by atoms with Crippen LogP contribution in [0.4, 0.5) is 0 Å². The van der Waals surface area contributed by atoms with Gasteiger partial charge in [-0.2, -0.15) is 12.7 Å². The van der Waals surface area contributed by atoms with Gasteiger partial charge in [-0.25, -0.2) is 4.72 Å². The monoisotopic (exact) mass is 245 g/mol. The molecule has 0 bridgehead atoms. The van der Waals surface area contributed by atoms with Gasteiger partial charge in [0.2, 0.25) is 0 Å². The van der Waals surface area contributed by atoms with Crippen molar-refractivity contribution in [1.82, 2.24) is 9.03 Å². The summed E-state index contributed by atoms with van der Waals surface area (Å²) in [6, 6.07) is -0.0321. The maximum atomic E-state index is 11.4. The van der Waals surface area contributed by atoms with Gasteiger partial charge in [0.15, 0.2) is 0 Å². The number of rotatable bonds is 6. The molecular weight excluding hydrogens is 226 g/mol. The summed E-state index contributed by atoms with van der Waals surface area (Å²) in [5, 5.41) is 0. The SMILES string of the molecule is CC(C)N(C)S(=O)(=O)NCCCN.Cl. The van der Waals surface area contributed by atoms with Gasteiger partial charge in [0.1, 0.15) is 0 Å². The molecule has 0 unspecified atom stereocenters. The third-order valence-corrected chi connectivity index (χ3v) is 3.52. The van der Waals surface area contributed by atoms with Crippen molar-refractivity contribution in [3.8, 4) is 0 Å². The number of hydrogen-bond donors (Lipinski definition) is 2. The Kier molecular flexibility index (Phi) is 8.77. The number of halogens is 1. The zero-order valence-corrected chi connectivity index (χ0v) is 10.5. The first-order valence-electron chi connectivity index (χ1n) is 4.34. The Balaban J connectivity index is 0. The molecule has 0 aromatic heterocycles. The van der Waals surface area contributed by atoms with E-state index in [-0.39, 0.29) is 18.4 Å². The summed E-state index contributed by atoms with van der Waals surface area (Å²) in [5.41, 5.74) is 5.25. The molecule has 0 amide bonds. The fraction of sp³-hybridized carbons (Fsp3) is 1.00. The van der Waals surface area contributed by atoms with Crippen LogP contribution in [-0.4, -0.2) is 38.9 Å². The Labute approximate surface area is 92.6 Å². The molecule has 0 aromatic carbocycles. The van der Waals surface area contributed by atoms with Crippen LogP contribution in [0.15, 0.2) is 0 Å². The molecule has 0 saturated heterocycles. The lowest BCUT2D eigenvalue weighted by Crippen LogP contribution is -2.42. The minimum atomic E-state index is -3.30. The highest BCUT2D eigenvalue weighted by molar-refractivity contribution is 7.87. The fourth-order valence-electron chi connectivity index (χ4n) is 0.683. The molecule has 0 heterocycles. The van der Waals surface area contributed by atoms with Gasteiger partial charge < -0.3 is 5.73 Å². The maximum absolute atomic E-state index is 11.4. The van der Waals surface area contributed by atoms with E-state index in [2.05, 4.69) is 4.72 Å². The van der Waals surface area contributed by atoms with E-state index in [4.69, 9.17) is 5.73 Å². The van der Waals surface area contributed by atoms with E-state index in [1.54, 1.807) is 7.05 Å². The highest BCUT2D eigenvalue weighted by Gasteiger charge is 2.18. The Hall–Kier alpha value is 0.120. The largest absolute Gasteiger partial charge is 0.330 e. The van der Waals surface area contributed by atoms with Gasteiger partial charge in [-0.15, -0.1) is 12.4 Å². The van der Waals surface area contributed by atoms with Gasteiger partial charge in [-0.3, -0.25) is 0 Å². The molecule has 14 heavy (non-hydrogen) atoms. The summed E-state index contributed by atoms with van der Waals surface area (Å²) < 4.78 is 26.6. The first-order valence-corrected chi connectivity index (χ1v) is 5.78. The Morgan fingerprint density at radius 3 is 2.29 bits per heavy atom. The van der Waals surface area contributed by atoms with Crippen molar-refractivity contribution in [2.24, 2.45) is 5.73 Å². The van der Waals surface area contributed by atoms with E-state index in [0.29, 0.717) is 19.5 Å². The van der Waals surface area contributed by atoms with Crippen LogP contribution in [0.25, 0.3) is 0 Å². The lowest BCUT2D eigenvalue weighted by molar-refractivity contribution is 0.402. The van der Waals surface area contributed by atoms with Gasteiger partial charge in [-0.1, -0.05) is 0 Å². The van der Waals surface area contributed by atoms with Crippen molar-refractivity contribution in [3.63, 3.8) is 0 Å². The Bertz CT molecular complexity index is 231. The first kappa shape index (κ1) is 16.5. The standard InChI is InChI=1S/C7H19N3O2S.ClH/c1-7(2)10(3)13(11,12)9-6-4-5-8;/h7,9H,4-6,8H2,1-3H3;1H. The average Bonchev–Trinajstić information content (AvgIpc) is 2.03. The normalized spacial score (nSPS) is 11.9. The van der Waals surface area contributed by atoms with Gasteiger partial charge in [0.05, 0.1) is 0 Å². The van der Waals surface area contributed by atoms with Gasteiger partial charge >= 0.3 is 0 Å². The van der Waals surface area contributed by atoms with Crippen molar-refractivity contribution in [1.29, 1.82) is 0 Å². The molecule has 0 saturated carbocycles. The van der Waals surface area contributed by atoms with E-state index >= 15 is 0 Å². The Morgan fingerprint density at radius 2 is 1.93 bits per heavy atom. The van der Waals surface area contributed by atoms with Gasteiger partial charge in [-0.05, 0) is 26.8 Å². The lowest BCUT2D eigenvalue weighted by Gasteiger charge is -2.20. The summed E-state index contributed by atoms with van der Waals surface area (Å²) in [6.45, 7) is 4.54. The van der Waals surface area contributed by atoms with Crippen LogP contribution < -0.4 is 10.5 Å². The second-order valence-electron chi connectivity index (χ2n) is 3.15. The van der Waals surface area contributed by atoms with Crippen molar-refractivity contribution in [2.75, 3.05) is 20.1 Å². The first-order chi connectivity index (χ1) is 5.91. The van der Waals surface area contributed by atoms with Gasteiger partial charge in [0.25, 0.3) is 10.2 Å². The van der Waals surface area contributed by atoms with Crippen LogP contribution >= 0.6 is 12.4 Å². The van der Waals surface area contributed by atoms with Crippen molar-refractivity contribution in [3.05, 3.63) is 0 Å². The minimum Gasteiger partial charge on any atom is -0.330 e. The fourth-order valence-corrected chi connectivity index (χ4v) is 1.84. The highest BCUT2D eigenvalue weighted by atomic mass is 35.5. The molecule has 0 spiro atoms. The molecule has 0 fully saturated rings. The molecular formula is C7H20ClN3O2S. The zero-order valence-electron chi connectivity index (χ0n) is 8.86. The molecule has 3 N–H and O–H groups in total. The van der Waals surface area contributed by atoms with E-state index in [1.807, 2.05) is 13.8 Å². The van der Waals surface area contributed by atoms with Crippen LogP contribution in [0.1, 0.15) is 20.3 Å². The Morgan fingerprint density at radius 1 is 1.43 bits per heavy atom. The summed E-state index contributed by atoms with van der Waals surface area (Å²) >= 11 is 0. The van der Waals surface area contributed by atoms with Crippen molar-refractivity contribution < 1.29 is 8.42 Å². The average molecular weight is 246 g/mol. The van der Waals surface area contributed by atoms with E-state index in [1.165, 1.54) is 4.31 Å². The molecule has 0 aliphatic carbocycles. The lowest BCUT2D eigenvalue weighted by atomic mass is 10.4. The zero-order chi connectivity index (χ0) is 10.5. The number of nitrogens with two attached hydrogens (primary N) is 1. The van der Waals surface area contributed by atoms with Crippen LogP contribution in [0, 0.1) is 0 Å². The van der Waals surface area contributed by atoms with E-state index < -0.39 is 10.2 Å². The molecule has 0 aromatic rings. The number of nitrogens with zero attached hydrogens (tertiary/aromatic N) is 1. The van der Waals surface area contributed by atoms with E-state index in [9.17, 15) is 8.42 Å². The molecule has 88 valence electrons. The van der Waals surface area contributed by atoms with Gasteiger partial charge in [0, 0.05) is 19.6 Å². The molecule has 5 nitrogen and oxygen atoms in total. The van der Waals surface area contributed by atoms with Crippen LogP contribution in [0.3, 0.4) is 0 Å². The smallest absolute Gasteiger partial charge is 0.279 e. The summed E-state index contributed by atoms with van der Waals surface area (Å²) in [7, 11) is -1.75. The number of hydrogen-bond acceptors (Lipinski definition) is 3. The van der Waals surface area contributed by atoms with Crippen molar-refractivity contribution in [2.45, 2.75) is 26.3 Å². The van der Waals surface area contributed by atoms with E-state index in [0.717, 1.165) is 0 Å². The second kappa shape index (κ2) is 7.42. The molecule has 0 radical (unpaired) electrons. The quantitative estimate of drug-likeness (QED) is 0.644. The predicted octanol–water partition coefficient (Wildman–Crippen LogP) is -0.0684. The van der Waals surface area contributed by atoms with Crippen LogP contribution in [0.2, 0.25) is 0 Å². The third-order valence-electron chi connectivity index (χ3n) is 1.77.